The van der Waals surface area contributed by atoms with Crippen molar-refractivity contribution in [1.29, 1.82) is 0 Å². The van der Waals surface area contributed by atoms with E-state index in [0.717, 1.165) is 6.42 Å². The Morgan fingerprint density at radius 1 is 1.31 bits per heavy atom. The molecule has 5 heteroatoms. The van der Waals surface area contributed by atoms with Crippen molar-refractivity contribution < 1.29 is 18.4 Å². The molecule has 0 atom stereocenters. The lowest BCUT2D eigenvalue weighted by Gasteiger charge is -2.36. The fourth-order valence-corrected chi connectivity index (χ4v) is 3.39. The summed E-state index contributed by atoms with van der Waals surface area (Å²) in [6.07, 6.45) is 0.872. The van der Waals surface area contributed by atoms with E-state index in [4.69, 9.17) is 9.05 Å². The first-order valence-electron chi connectivity index (χ1n) is 5.57. The van der Waals surface area contributed by atoms with E-state index in [9.17, 15) is 9.36 Å². The summed E-state index contributed by atoms with van der Waals surface area (Å²) in [7, 11) is -3.56. The van der Waals surface area contributed by atoms with Crippen LogP contribution in [0.3, 0.4) is 0 Å². The fourth-order valence-electron chi connectivity index (χ4n) is 1.29. The molecule has 0 aromatic heterocycles. The summed E-state index contributed by atoms with van der Waals surface area (Å²) in [6, 6.07) is 0. The molecule has 0 spiro atoms. The van der Waals surface area contributed by atoms with E-state index in [-0.39, 0.29) is 5.41 Å². The Kier molecular flexibility index (Phi) is 3.68. The van der Waals surface area contributed by atoms with Crippen LogP contribution in [-0.2, 0) is 18.4 Å². The molecule has 0 aliphatic carbocycles. The maximum absolute atomic E-state index is 12.2. The van der Waals surface area contributed by atoms with Gasteiger partial charge in [-0.15, -0.1) is 0 Å². The maximum atomic E-state index is 12.2. The third-order valence-electron chi connectivity index (χ3n) is 2.91. The second kappa shape index (κ2) is 4.25. The van der Waals surface area contributed by atoms with Crippen LogP contribution in [0, 0.1) is 10.8 Å². The SMILES string of the molecule is CCC1(C)COP(=O)(C(=O)C(C)(C)C)OC1. The van der Waals surface area contributed by atoms with Crippen LogP contribution in [0.4, 0.5) is 0 Å². The number of hydrogen-bond donors (Lipinski definition) is 0. The van der Waals surface area contributed by atoms with Gasteiger partial charge in [0.2, 0.25) is 5.52 Å². The van der Waals surface area contributed by atoms with Crippen LogP contribution in [0.15, 0.2) is 0 Å². The van der Waals surface area contributed by atoms with Crippen molar-refractivity contribution in [1.82, 2.24) is 0 Å². The van der Waals surface area contributed by atoms with Crippen LogP contribution in [-0.4, -0.2) is 18.7 Å². The highest BCUT2D eigenvalue weighted by Gasteiger charge is 2.47. The largest absolute Gasteiger partial charge is 0.397 e. The molecule has 0 radical (unpaired) electrons. The van der Waals surface area contributed by atoms with Crippen molar-refractivity contribution in [3.8, 4) is 0 Å². The summed E-state index contributed by atoms with van der Waals surface area (Å²) < 4.78 is 22.7. The summed E-state index contributed by atoms with van der Waals surface area (Å²) in [5, 5.41) is 0. The Hall–Kier alpha value is -0.180. The molecule has 1 rings (SSSR count). The lowest BCUT2D eigenvalue weighted by molar-refractivity contribution is -0.122. The molecular formula is C11H21O4P. The van der Waals surface area contributed by atoms with Gasteiger partial charge in [-0.3, -0.25) is 9.36 Å². The van der Waals surface area contributed by atoms with Crippen LogP contribution in [0.5, 0.6) is 0 Å². The molecule has 1 saturated heterocycles. The van der Waals surface area contributed by atoms with E-state index in [1.165, 1.54) is 0 Å². The van der Waals surface area contributed by atoms with Crippen molar-refractivity contribution in [2.24, 2.45) is 10.8 Å². The van der Waals surface area contributed by atoms with Gasteiger partial charge < -0.3 is 9.05 Å². The predicted molar refractivity (Wildman–Crippen MR) is 62.4 cm³/mol. The van der Waals surface area contributed by atoms with Crippen LogP contribution >= 0.6 is 7.60 Å². The molecule has 1 aliphatic heterocycles. The second-order valence-electron chi connectivity index (χ2n) is 5.76. The summed E-state index contributed by atoms with van der Waals surface area (Å²) in [6.45, 7) is 9.82. The first-order valence-corrected chi connectivity index (χ1v) is 7.11. The van der Waals surface area contributed by atoms with Gasteiger partial charge in [-0.1, -0.05) is 34.6 Å². The Morgan fingerprint density at radius 2 is 1.75 bits per heavy atom. The number of carbonyl (C=O) groups is 1. The van der Waals surface area contributed by atoms with E-state index in [2.05, 4.69) is 0 Å². The van der Waals surface area contributed by atoms with Gasteiger partial charge >= 0.3 is 7.60 Å². The van der Waals surface area contributed by atoms with E-state index in [1.54, 1.807) is 20.8 Å². The molecule has 4 nitrogen and oxygen atoms in total. The smallest absolute Gasteiger partial charge is 0.303 e. The Morgan fingerprint density at radius 3 is 2.06 bits per heavy atom. The Balaban J connectivity index is 2.79. The molecule has 0 saturated carbocycles. The van der Waals surface area contributed by atoms with Crippen molar-refractivity contribution in [2.45, 2.75) is 41.0 Å². The van der Waals surface area contributed by atoms with Gasteiger partial charge in [-0.25, -0.2) is 0 Å². The predicted octanol–water partition coefficient (Wildman–Crippen LogP) is 3.22. The highest BCUT2D eigenvalue weighted by atomic mass is 31.2. The normalized spacial score (nSPS) is 36.1. The number of carbonyl (C=O) groups excluding carboxylic acids is 1. The molecule has 0 amide bonds. The van der Waals surface area contributed by atoms with Crippen molar-refractivity contribution in [3.05, 3.63) is 0 Å². The van der Waals surface area contributed by atoms with Crippen LogP contribution in [0.25, 0.3) is 0 Å². The molecule has 1 aliphatic rings. The third kappa shape index (κ3) is 2.73. The first-order chi connectivity index (χ1) is 7.13. The average molecular weight is 248 g/mol. The lowest BCUT2D eigenvalue weighted by atomic mass is 9.90. The molecule has 0 unspecified atom stereocenters. The zero-order valence-electron chi connectivity index (χ0n) is 10.7. The summed E-state index contributed by atoms with van der Waals surface area (Å²) in [4.78, 5) is 11.9. The molecule has 0 bridgehead atoms. The minimum Gasteiger partial charge on any atom is -0.303 e. The lowest BCUT2D eigenvalue weighted by Crippen LogP contribution is -2.35. The first kappa shape index (κ1) is 13.9. The van der Waals surface area contributed by atoms with E-state index in [0.29, 0.717) is 13.2 Å². The highest BCUT2D eigenvalue weighted by Crippen LogP contribution is 2.58. The topological polar surface area (TPSA) is 52.6 Å². The van der Waals surface area contributed by atoms with Gasteiger partial charge in [0.15, 0.2) is 0 Å². The van der Waals surface area contributed by atoms with Crippen molar-refractivity contribution in [3.63, 3.8) is 0 Å². The molecule has 0 N–H and O–H groups in total. The van der Waals surface area contributed by atoms with Gasteiger partial charge in [0.25, 0.3) is 0 Å². The van der Waals surface area contributed by atoms with Gasteiger partial charge in [-0.2, -0.15) is 0 Å². The van der Waals surface area contributed by atoms with Gasteiger partial charge in [0.05, 0.1) is 13.2 Å². The van der Waals surface area contributed by atoms with Crippen LogP contribution < -0.4 is 0 Å². The second-order valence-corrected chi connectivity index (χ2v) is 7.68. The van der Waals surface area contributed by atoms with E-state index in [1.807, 2.05) is 13.8 Å². The summed E-state index contributed by atoms with van der Waals surface area (Å²) in [5.41, 5.74) is -1.26. The van der Waals surface area contributed by atoms with E-state index < -0.39 is 18.5 Å². The Labute approximate surface area is 97.2 Å². The minimum atomic E-state index is -3.56. The van der Waals surface area contributed by atoms with E-state index >= 15 is 0 Å². The van der Waals surface area contributed by atoms with Gasteiger partial charge in [0.1, 0.15) is 0 Å². The van der Waals surface area contributed by atoms with Gasteiger partial charge in [0, 0.05) is 10.8 Å². The zero-order chi connectivity index (χ0) is 12.6. The molecule has 1 fully saturated rings. The molecule has 1 heterocycles. The van der Waals surface area contributed by atoms with Crippen LogP contribution in [0.1, 0.15) is 41.0 Å². The molecular weight excluding hydrogens is 227 g/mol. The molecule has 16 heavy (non-hydrogen) atoms. The maximum Gasteiger partial charge on any atom is 0.397 e. The zero-order valence-corrected chi connectivity index (χ0v) is 11.6. The Bertz CT molecular complexity index is 317. The minimum absolute atomic E-state index is 0.133. The van der Waals surface area contributed by atoms with Gasteiger partial charge in [-0.05, 0) is 6.42 Å². The monoisotopic (exact) mass is 248 g/mol. The summed E-state index contributed by atoms with van der Waals surface area (Å²) >= 11 is 0. The van der Waals surface area contributed by atoms with Crippen molar-refractivity contribution >= 4 is 13.1 Å². The molecule has 0 aromatic carbocycles. The fraction of sp³-hybridized carbons (Fsp3) is 0.909. The van der Waals surface area contributed by atoms with Crippen molar-refractivity contribution in [2.75, 3.05) is 13.2 Å². The van der Waals surface area contributed by atoms with Crippen LogP contribution in [0.2, 0.25) is 0 Å². The standard InChI is InChI=1S/C11H21O4P/c1-6-11(5)7-14-16(13,15-8-11)9(12)10(2,3)4/h6-8H2,1-5H3. The average Bonchev–Trinajstić information content (AvgIpc) is 2.21. The number of rotatable bonds is 2. The quantitative estimate of drug-likeness (QED) is 0.704. The summed E-state index contributed by atoms with van der Waals surface area (Å²) in [5.74, 6) is 0. The molecule has 0 aromatic rings. The molecule has 94 valence electrons. The highest BCUT2D eigenvalue weighted by molar-refractivity contribution is 7.72. The third-order valence-corrected chi connectivity index (χ3v) is 5.02. The number of hydrogen-bond acceptors (Lipinski definition) is 4.